The first-order valence-electron chi connectivity index (χ1n) is 7.25. The number of hydrogen-bond acceptors (Lipinski definition) is 3. The number of benzene rings is 1. The van der Waals surface area contributed by atoms with Crippen LogP contribution >= 0.6 is 0 Å². The average molecular weight is 284 g/mol. The lowest BCUT2D eigenvalue weighted by atomic mass is 10.1. The molecule has 2 aromatic rings. The summed E-state index contributed by atoms with van der Waals surface area (Å²) in [6.07, 6.45) is 4.03. The molecule has 0 radical (unpaired) electrons. The van der Waals surface area contributed by atoms with Crippen molar-refractivity contribution < 1.29 is 9.53 Å². The van der Waals surface area contributed by atoms with Gasteiger partial charge in [-0.2, -0.15) is 0 Å². The Labute approximate surface area is 124 Å². The minimum Gasteiger partial charge on any atom is -0.456 e. The Bertz CT molecular complexity index is 684. The minimum absolute atomic E-state index is 0.294. The summed E-state index contributed by atoms with van der Waals surface area (Å²) in [6, 6.07) is 8.26. The van der Waals surface area contributed by atoms with Crippen LogP contribution in [0.25, 0.3) is 0 Å². The highest BCUT2D eigenvalue weighted by Gasteiger charge is 2.28. The third kappa shape index (κ3) is 2.94. The predicted molar refractivity (Wildman–Crippen MR) is 82.2 cm³/mol. The Hall–Kier alpha value is -2.23. The molecule has 1 aromatic carbocycles. The van der Waals surface area contributed by atoms with Crippen molar-refractivity contribution in [1.29, 1.82) is 0 Å². The lowest BCUT2D eigenvalue weighted by molar-refractivity contribution is 0.0459. The number of anilines is 1. The second-order valence-electron chi connectivity index (χ2n) is 5.80. The molecule has 110 valence electrons. The molecule has 0 atom stereocenters. The number of rotatable bonds is 4. The van der Waals surface area contributed by atoms with E-state index in [9.17, 15) is 4.79 Å². The Kier molecular flexibility index (Phi) is 3.45. The van der Waals surface area contributed by atoms with Crippen molar-refractivity contribution in [3.05, 3.63) is 52.8 Å². The van der Waals surface area contributed by atoms with Crippen molar-refractivity contribution in [2.45, 2.75) is 39.3 Å². The topological polar surface area (TPSA) is 57.2 Å². The van der Waals surface area contributed by atoms with E-state index in [1.54, 1.807) is 6.07 Å². The molecule has 0 unspecified atom stereocenters. The molecular formula is C17H20N2O2. The molecule has 1 saturated carbocycles. The van der Waals surface area contributed by atoms with Gasteiger partial charge in [0.05, 0.1) is 5.69 Å². The van der Waals surface area contributed by atoms with Gasteiger partial charge in [-0.15, -0.1) is 0 Å². The van der Waals surface area contributed by atoms with Crippen LogP contribution in [0.1, 0.15) is 46.1 Å². The monoisotopic (exact) mass is 284 g/mol. The van der Waals surface area contributed by atoms with E-state index < -0.39 is 0 Å². The van der Waals surface area contributed by atoms with Crippen LogP contribution in [0.3, 0.4) is 0 Å². The third-order valence-corrected chi connectivity index (χ3v) is 3.88. The molecule has 0 aliphatic heterocycles. The summed E-state index contributed by atoms with van der Waals surface area (Å²) in [5, 5.41) is 0. The highest BCUT2D eigenvalue weighted by Crippen LogP contribution is 2.37. The van der Waals surface area contributed by atoms with Crippen molar-refractivity contribution >= 4 is 11.7 Å². The number of esters is 1. The van der Waals surface area contributed by atoms with Crippen molar-refractivity contribution in [2.75, 3.05) is 5.73 Å². The quantitative estimate of drug-likeness (QED) is 0.876. The number of nitrogen functional groups attached to an aromatic ring is 1. The zero-order chi connectivity index (χ0) is 15.0. The minimum atomic E-state index is -0.306. The van der Waals surface area contributed by atoms with Gasteiger partial charge in [-0.25, -0.2) is 4.79 Å². The molecular weight excluding hydrogens is 264 g/mol. The third-order valence-electron chi connectivity index (χ3n) is 3.88. The van der Waals surface area contributed by atoms with Gasteiger partial charge in [-0.3, -0.25) is 0 Å². The van der Waals surface area contributed by atoms with Crippen LogP contribution in [0.4, 0.5) is 5.69 Å². The fourth-order valence-electron chi connectivity index (χ4n) is 2.49. The lowest BCUT2D eigenvalue weighted by Crippen LogP contribution is -2.11. The van der Waals surface area contributed by atoms with Crippen molar-refractivity contribution in [3.8, 4) is 0 Å². The van der Waals surface area contributed by atoms with E-state index >= 15 is 0 Å². The van der Waals surface area contributed by atoms with E-state index in [0.29, 0.717) is 24.0 Å². The molecule has 2 N–H and O–H groups in total. The summed E-state index contributed by atoms with van der Waals surface area (Å²) in [6.45, 7) is 4.35. The number of carbonyl (C=O) groups excluding carboxylic acids is 1. The number of nitrogens with zero attached hydrogens (tertiary/aromatic N) is 1. The van der Waals surface area contributed by atoms with E-state index in [1.165, 1.54) is 0 Å². The van der Waals surface area contributed by atoms with Crippen LogP contribution in [0.2, 0.25) is 0 Å². The molecule has 0 amide bonds. The average Bonchev–Trinajstić information content (AvgIpc) is 3.22. The first-order valence-corrected chi connectivity index (χ1v) is 7.25. The van der Waals surface area contributed by atoms with Gasteiger partial charge in [0.15, 0.2) is 0 Å². The largest absolute Gasteiger partial charge is 0.456 e. The molecule has 1 aliphatic rings. The summed E-state index contributed by atoms with van der Waals surface area (Å²) in [5.74, 6) is -0.306. The Morgan fingerprint density at radius 1 is 1.33 bits per heavy atom. The molecule has 0 spiro atoms. The van der Waals surface area contributed by atoms with Gasteiger partial charge < -0.3 is 15.0 Å². The van der Waals surface area contributed by atoms with Gasteiger partial charge in [0, 0.05) is 12.2 Å². The summed E-state index contributed by atoms with van der Waals surface area (Å²) in [7, 11) is 0. The van der Waals surface area contributed by atoms with Crippen LogP contribution in [-0.4, -0.2) is 10.5 Å². The summed E-state index contributed by atoms with van der Waals surface area (Å²) in [5.41, 5.74) is 10.3. The smallest absolute Gasteiger partial charge is 0.355 e. The van der Waals surface area contributed by atoms with E-state index in [1.807, 2.05) is 30.7 Å². The molecule has 0 saturated heterocycles. The van der Waals surface area contributed by atoms with Crippen LogP contribution < -0.4 is 5.73 Å². The van der Waals surface area contributed by atoms with E-state index in [2.05, 4.69) is 12.1 Å². The predicted octanol–water partition coefficient (Wildman–Crippen LogP) is 3.38. The Balaban J connectivity index is 1.73. The van der Waals surface area contributed by atoms with Gasteiger partial charge in [-0.1, -0.05) is 23.8 Å². The lowest BCUT2D eigenvalue weighted by Gasteiger charge is -2.10. The van der Waals surface area contributed by atoms with Crippen LogP contribution in [0, 0.1) is 13.8 Å². The number of aromatic nitrogens is 1. The van der Waals surface area contributed by atoms with Crippen LogP contribution in [0.5, 0.6) is 0 Å². The van der Waals surface area contributed by atoms with Gasteiger partial charge in [0.2, 0.25) is 0 Å². The zero-order valence-corrected chi connectivity index (χ0v) is 12.4. The van der Waals surface area contributed by atoms with Gasteiger partial charge in [0.25, 0.3) is 0 Å². The first-order chi connectivity index (χ1) is 10.0. The van der Waals surface area contributed by atoms with Crippen LogP contribution in [-0.2, 0) is 11.3 Å². The summed E-state index contributed by atoms with van der Waals surface area (Å²) in [4.78, 5) is 12.3. The highest BCUT2D eigenvalue weighted by molar-refractivity contribution is 5.89. The maximum Gasteiger partial charge on any atom is 0.355 e. The number of aryl methyl sites for hydroxylation is 2. The van der Waals surface area contributed by atoms with E-state index in [0.717, 1.165) is 29.5 Å². The second kappa shape index (κ2) is 5.28. The Morgan fingerprint density at radius 2 is 2.10 bits per heavy atom. The molecule has 0 bridgehead atoms. The SMILES string of the molecule is Cc1ccc(C)c(COC(=O)c2cc(N)cn2C2CC2)c1. The molecule has 1 aromatic heterocycles. The number of carbonyl (C=O) groups is 1. The number of nitrogens with two attached hydrogens (primary N) is 1. The Morgan fingerprint density at radius 3 is 2.81 bits per heavy atom. The maximum absolute atomic E-state index is 12.3. The van der Waals surface area contributed by atoms with Crippen molar-refractivity contribution in [1.82, 2.24) is 4.57 Å². The zero-order valence-electron chi connectivity index (χ0n) is 12.4. The maximum atomic E-state index is 12.3. The molecule has 1 aliphatic carbocycles. The molecule has 1 heterocycles. The van der Waals surface area contributed by atoms with Crippen molar-refractivity contribution in [2.24, 2.45) is 0 Å². The van der Waals surface area contributed by atoms with E-state index in [4.69, 9.17) is 10.5 Å². The molecule has 4 nitrogen and oxygen atoms in total. The van der Waals surface area contributed by atoms with Gasteiger partial charge in [0.1, 0.15) is 12.3 Å². The summed E-state index contributed by atoms with van der Waals surface area (Å²) < 4.78 is 7.41. The van der Waals surface area contributed by atoms with Gasteiger partial charge in [-0.05, 0) is 43.9 Å². The van der Waals surface area contributed by atoms with Gasteiger partial charge >= 0.3 is 5.97 Å². The number of hydrogen-bond donors (Lipinski definition) is 1. The highest BCUT2D eigenvalue weighted by atomic mass is 16.5. The molecule has 4 heteroatoms. The molecule has 1 fully saturated rings. The molecule has 21 heavy (non-hydrogen) atoms. The number of ether oxygens (including phenoxy) is 1. The van der Waals surface area contributed by atoms with E-state index in [-0.39, 0.29) is 5.97 Å². The summed E-state index contributed by atoms with van der Waals surface area (Å²) >= 11 is 0. The van der Waals surface area contributed by atoms with Crippen LogP contribution in [0.15, 0.2) is 30.5 Å². The first kappa shape index (κ1) is 13.7. The normalized spacial score (nSPS) is 14.2. The van der Waals surface area contributed by atoms with Crippen molar-refractivity contribution in [3.63, 3.8) is 0 Å². The standard InChI is InChI=1S/C17H20N2O2/c1-11-3-4-12(2)13(7-11)10-21-17(20)16-8-14(18)9-19(16)15-5-6-15/h3-4,7-9,15H,5-6,10,18H2,1-2H3. The second-order valence-corrected chi connectivity index (χ2v) is 5.80. The fourth-order valence-corrected chi connectivity index (χ4v) is 2.49. The molecule has 3 rings (SSSR count). The fraction of sp³-hybridized carbons (Fsp3) is 0.353.